The summed E-state index contributed by atoms with van der Waals surface area (Å²) in [5.41, 5.74) is 0.562. The van der Waals surface area contributed by atoms with Crippen LogP contribution in [0.3, 0.4) is 0 Å². The second-order valence-electron chi connectivity index (χ2n) is 7.55. The van der Waals surface area contributed by atoms with Crippen molar-refractivity contribution < 1.29 is 0 Å². The van der Waals surface area contributed by atoms with Crippen LogP contribution >= 0.6 is 15.9 Å². The van der Waals surface area contributed by atoms with Crippen molar-refractivity contribution in [3.05, 3.63) is 0 Å². The molecule has 0 aromatic rings. The lowest BCUT2D eigenvalue weighted by atomic mass is 9.80. The molecule has 0 aromatic heterocycles. The second-order valence-corrected chi connectivity index (χ2v) is 8.11. The first-order valence-electron chi connectivity index (χ1n) is 8.95. The van der Waals surface area contributed by atoms with Crippen molar-refractivity contribution in [1.82, 2.24) is 4.90 Å². The van der Waals surface area contributed by atoms with Crippen LogP contribution < -0.4 is 0 Å². The highest BCUT2D eigenvalue weighted by Crippen LogP contribution is 2.39. The zero-order valence-electron chi connectivity index (χ0n) is 13.7. The number of halogens is 1. The maximum Gasteiger partial charge on any atom is 0.0100 e. The average Bonchev–Trinajstić information content (AvgIpc) is 2.73. The van der Waals surface area contributed by atoms with Gasteiger partial charge >= 0.3 is 0 Å². The van der Waals surface area contributed by atoms with Gasteiger partial charge in [-0.2, -0.15) is 0 Å². The van der Waals surface area contributed by atoms with E-state index in [1.165, 1.54) is 82.5 Å². The lowest BCUT2D eigenvalue weighted by Crippen LogP contribution is -2.43. The van der Waals surface area contributed by atoms with Crippen LogP contribution in [-0.2, 0) is 0 Å². The molecule has 0 aliphatic heterocycles. The van der Waals surface area contributed by atoms with Gasteiger partial charge in [-0.05, 0) is 56.9 Å². The normalized spacial score (nSPS) is 31.2. The van der Waals surface area contributed by atoms with Crippen molar-refractivity contribution >= 4 is 15.9 Å². The Kier molecular flexibility index (Phi) is 6.87. The summed E-state index contributed by atoms with van der Waals surface area (Å²) in [5.74, 6) is 1.02. The van der Waals surface area contributed by atoms with Gasteiger partial charge in [0.15, 0.2) is 0 Å². The van der Waals surface area contributed by atoms with Crippen LogP contribution in [0, 0.1) is 11.3 Å². The second kappa shape index (κ2) is 8.17. The summed E-state index contributed by atoms with van der Waals surface area (Å²) >= 11 is 3.85. The standard InChI is InChI=1S/C18H34BrN/c1-3-16-8-10-17(11-9-16)20(2)15-18(14-19)12-6-4-5-7-13-18/h16-17H,3-15H2,1-2H3. The molecular formula is C18H34BrN. The number of alkyl halides is 1. The molecule has 0 aromatic carbocycles. The number of hydrogen-bond donors (Lipinski definition) is 0. The van der Waals surface area contributed by atoms with Gasteiger partial charge in [0.1, 0.15) is 0 Å². The van der Waals surface area contributed by atoms with Crippen LogP contribution in [0.25, 0.3) is 0 Å². The molecule has 20 heavy (non-hydrogen) atoms. The van der Waals surface area contributed by atoms with E-state index in [9.17, 15) is 0 Å². The predicted molar refractivity (Wildman–Crippen MR) is 92.6 cm³/mol. The first kappa shape index (κ1) is 16.8. The Morgan fingerprint density at radius 1 is 1.00 bits per heavy atom. The largest absolute Gasteiger partial charge is 0.303 e. The zero-order valence-corrected chi connectivity index (χ0v) is 15.3. The molecule has 0 atom stereocenters. The summed E-state index contributed by atoms with van der Waals surface area (Å²) in [7, 11) is 2.40. The molecule has 2 aliphatic carbocycles. The van der Waals surface area contributed by atoms with Gasteiger partial charge in [0.25, 0.3) is 0 Å². The SMILES string of the molecule is CCC1CCC(N(C)CC2(CBr)CCCCCC2)CC1. The highest BCUT2D eigenvalue weighted by atomic mass is 79.9. The molecule has 0 amide bonds. The van der Waals surface area contributed by atoms with Gasteiger partial charge in [-0.1, -0.05) is 55.0 Å². The van der Waals surface area contributed by atoms with Crippen molar-refractivity contribution in [2.45, 2.75) is 83.6 Å². The fourth-order valence-electron chi connectivity index (χ4n) is 4.46. The maximum absolute atomic E-state index is 3.85. The minimum Gasteiger partial charge on any atom is -0.303 e. The Morgan fingerprint density at radius 3 is 2.10 bits per heavy atom. The van der Waals surface area contributed by atoms with Gasteiger partial charge in [-0.25, -0.2) is 0 Å². The topological polar surface area (TPSA) is 3.24 Å². The van der Waals surface area contributed by atoms with Crippen molar-refractivity contribution in [3.63, 3.8) is 0 Å². The molecule has 0 heterocycles. The lowest BCUT2D eigenvalue weighted by Gasteiger charge is -2.41. The van der Waals surface area contributed by atoms with E-state index < -0.39 is 0 Å². The highest BCUT2D eigenvalue weighted by Gasteiger charge is 2.33. The summed E-state index contributed by atoms with van der Waals surface area (Å²) in [6.07, 6.45) is 15.9. The van der Waals surface area contributed by atoms with E-state index in [1.807, 2.05) is 0 Å². The molecule has 0 saturated heterocycles. The van der Waals surface area contributed by atoms with Gasteiger partial charge < -0.3 is 4.90 Å². The molecule has 2 saturated carbocycles. The number of nitrogens with zero attached hydrogens (tertiary/aromatic N) is 1. The summed E-state index contributed by atoms with van der Waals surface area (Å²) in [5, 5.41) is 1.20. The first-order valence-corrected chi connectivity index (χ1v) is 10.1. The lowest BCUT2D eigenvalue weighted by molar-refractivity contribution is 0.103. The molecule has 0 radical (unpaired) electrons. The molecule has 118 valence electrons. The van der Waals surface area contributed by atoms with Crippen LogP contribution in [0.2, 0.25) is 0 Å². The molecule has 2 aliphatic rings. The van der Waals surface area contributed by atoms with E-state index in [2.05, 4.69) is 34.8 Å². The van der Waals surface area contributed by atoms with Crippen LogP contribution in [0.5, 0.6) is 0 Å². The van der Waals surface area contributed by atoms with E-state index in [0.29, 0.717) is 5.41 Å². The molecule has 1 nitrogen and oxygen atoms in total. The fourth-order valence-corrected chi connectivity index (χ4v) is 5.20. The quantitative estimate of drug-likeness (QED) is 0.462. The minimum absolute atomic E-state index is 0.562. The van der Waals surface area contributed by atoms with Gasteiger partial charge in [0.2, 0.25) is 0 Å². The Morgan fingerprint density at radius 2 is 1.60 bits per heavy atom. The van der Waals surface area contributed by atoms with Crippen LogP contribution in [0.15, 0.2) is 0 Å². The molecule has 0 bridgehead atoms. The molecule has 2 heteroatoms. The monoisotopic (exact) mass is 343 g/mol. The summed E-state index contributed by atoms with van der Waals surface area (Å²) in [6, 6.07) is 0.858. The minimum atomic E-state index is 0.562. The van der Waals surface area contributed by atoms with E-state index >= 15 is 0 Å². The Bertz CT molecular complexity index is 263. The van der Waals surface area contributed by atoms with E-state index in [1.54, 1.807) is 0 Å². The summed E-state index contributed by atoms with van der Waals surface area (Å²) in [4.78, 5) is 2.72. The zero-order chi connectivity index (χ0) is 14.4. The van der Waals surface area contributed by atoms with Crippen LogP contribution in [-0.4, -0.2) is 29.9 Å². The third kappa shape index (κ3) is 4.47. The summed E-state index contributed by atoms with van der Waals surface area (Å²) in [6.45, 7) is 3.68. The Hall–Kier alpha value is 0.440. The molecule has 2 rings (SSSR count). The molecule has 0 spiro atoms. The van der Waals surface area contributed by atoms with Gasteiger partial charge in [0, 0.05) is 17.9 Å². The Balaban J connectivity index is 1.87. The van der Waals surface area contributed by atoms with E-state index in [4.69, 9.17) is 0 Å². The third-order valence-electron chi connectivity index (χ3n) is 6.05. The fraction of sp³-hybridized carbons (Fsp3) is 1.00. The first-order chi connectivity index (χ1) is 9.69. The summed E-state index contributed by atoms with van der Waals surface area (Å²) < 4.78 is 0. The maximum atomic E-state index is 3.85. The van der Waals surface area contributed by atoms with Crippen molar-refractivity contribution in [3.8, 4) is 0 Å². The number of hydrogen-bond acceptors (Lipinski definition) is 1. The third-order valence-corrected chi connectivity index (χ3v) is 7.24. The molecular weight excluding hydrogens is 310 g/mol. The van der Waals surface area contributed by atoms with E-state index in [0.717, 1.165) is 12.0 Å². The predicted octanol–water partition coefficient (Wildman–Crippen LogP) is 5.62. The smallest absolute Gasteiger partial charge is 0.0100 e. The van der Waals surface area contributed by atoms with E-state index in [-0.39, 0.29) is 0 Å². The molecule has 2 fully saturated rings. The van der Waals surface area contributed by atoms with Gasteiger partial charge in [-0.3, -0.25) is 0 Å². The highest BCUT2D eigenvalue weighted by molar-refractivity contribution is 9.09. The molecule has 0 N–H and O–H groups in total. The van der Waals surface area contributed by atoms with Crippen LogP contribution in [0.1, 0.15) is 77.6 Å². The van der Waals surface area contributed by atoms with Crippen molar-refractivity contribution in [2.75, 3.05) is 18.9 Å². The van der Waals surface area contributed by atoms with Crippen molar-refractivity contribution in [2.24, 2.45) is 11.3 Å². The Labute approximate surface area is 135 Å². The van der Waals surface area contributed by atoms with Gasteiger partial charge in [-0.15, -0.1) is 0 Å². The van der Waals surface area contributed by atoms with Gasteiger partial charge in [0.05, 0.1) is 0 Å². The van der Waals surface area contributed by atoms with Crippen LogP contribution in [0.4, 0.5) is 0 Å². The number of rotatable bonds is 5. The average molecular weight is 344 g/mol. The van der Waals surface area contributed by atoms with Crippen molar-refractivity contribution in [1.29, 1.82) is 0 Å². The molecule has 0 unspecified atom stereocenters.